The van der Waals surface area contributed by atoms with Gasteiger partial charge in [0.15, 0.2) is 0 Å². The van der Waals surface area contributed by atoms with Crippen LogP contribution in [0.3, 0.4) is 0 Å². The van der Waals surface area contributed by atoms with Gasteiger partial charge in [-0.1, -0.05) is 25.1 Å². The number of aromatic nitrogens is 2. The molecule has 124 valence electrons. The molecule has 0 saturated heterocycles. The van der Waals surface area contributed by atoms with Crippen molar-refractivity contribution in [2.45, 2.75) is 20.0 Å². The van der Waals surface area contributed by atoms with Crippen molar-refractivity contribution in [3.63, 3.8) is 0 Å². The lowest BCUT2D eigenvalue weighted by molar-refractivity contribution is -0.159. The van der Waals surface area contributed by atoms with Crippen LogP contribution < -0.4 is 5.32 Å². The van der Waals surface area contributed by atoms with Gasteiger partial charge in [-0.2, -0.15) is 18.2 Å². The van der Waals surface area contributed by atoms with Crippen LogP contribution in [0.15, 0.2) is 22.7 Å². The second kappa shape index (κ2) is 6.35. The average molecular weight is 331 g/mol. The molecule has 0 spiro atoms. The van der Waals surface area contributed by atoms with Crippen molar-refractivity contribution in [3.8, 4) is 11.4 Å². The van der Waals surface area contributed by atoms with Gasteiger partial charge in [-0.05, 0) is 18.1 Å². The molecule has 0 radical (unpaired) electrons. The van der Waals surface area contributed by atoms with E-state index in [0.29, 0.717) is 6.54 Å². The van der Waals surface area contributed by atoms with E-state index in [2.05, 4.69) is 20.0 Å². The van der Waals surface area contributed by atoms with Gasteiger partial charge in [-0.15, -0.1) is 0 Å². The standard InChI is InChI=1S/C14H13F4N3O2/c1-7(2)6-19-12(22)9-4-3-8(5-10(9)15)11-20-13(23-21-11)14(16,17)18/h3-5,7H,6H2,1-2H3,(H,19,22). The molecule has 1 amide bonds. The van der Waals surface area contributed by atoms with E-state index in [4.69, 9.17) is 0 Å². The van der Waals surface area contributed by atoms with E-state index >= 15 is 0 Å². The summed E-state index contributed by atoms with van der Waals surface area (Å²) in [6.45, 7) is 4.14. The summed E-state index contributed by atoms with van der Waals surface area (Å²) in [4.78, 5) is 15.0. The van der Waals surface area contributed by atoms with Crippen molar-refractivity contribution < 1.29 is 26.9 Å². The maximum atomic E-state index is 14.0. The molecule has 1 heterocycles. The molecule has 0 unspecified atom stereocenters. The van der Waals surface area contributed by atoms with Crippen molar-refractivity contribution in [1.82, 2.24) is 15.5 Å². The molecule has 9 heteroatoms. The number of carbonyl (C=O) groups excluding carboxylic acids is 1. The van der Waals surface area contributed by atoms with Crippen molar-refractivity contribution in [1.29, 1.82) is 0 Å². The normalized spacial score (nSPS) is 11.8. The van der Waals surface area contributed by atoms with Crippen molar-refractivity contribution in [3.05, 3.63) is 35.5 Å². The van der Waals surface area contributed by atoms with Crippen LogP contribution in [-0.2, 0) is 6.18 Å². The highest BCUT2D eigenvalue weighted by molar-refractivity contribution is 5.94. The van der Waals surface area contributed by atoms with Crippen LogP contribution in [0.4, 0.5) is 17.6 Å². The molecule has 0 aliphatic rings. The molecule has 0 atom stereocenters. The third kappa shape index (κ3) is 4.05. The molecule has 23 heavy (non-hydrogen) atoms. The maximum absolute atomic E-state index is 14.0. The van der Waals surface area contributed by atoms with Gasteiger partial charge in [-0.25, -0.2) is 4.39 Å². The Kier molecular flexibility index (Phi) is 4.67. The molecule has 0 saturated carbocycles. The SMILES string of the molecule is CC(C)CNC(=O)c1ccc(-c2noc(C(F)(F)F)n2)cc1F. The molecule has 2 aromatic rings. The first-order valence-corrected chi connectivity index (χ1v) is 6.67. The fourth-order valence-corrected chi connectivity index (χ4v) is 1.69. The number of hydrogen-bond donors (Lipinski definition) is 1. The van der Waals surface area contributed by atoms with Gasteiger partial charge in [0.1, 0.15) is 5.82 Å². The third-order valence-electron chi connectivity index (χ3n) is 2.81. The third-order valence-corrected chi connectivity index (χ3v) is 2.81. The Bertz CT molecular complexity index is 710. The topological polar surface area (TPSA) is 68.0 Å². The minimum Gasteiger partial charge on any atom is -0.352 e. The van der Waals surface area contributed by atoms with Crippen LogP contribution in [0.1, 0.15) is 30.1 Å². The zero-order valence-corrected chi connectivity index (χ0v) is 12.2. The van der Waals surface area contributed by atoms with Gasteiger partial charge in [0.05, 0.1) is 5.56 Å². The highest BCUT2D eigenvalue weighted by atomic mass is 19.4. The molecular weight excluding hydrogens is 318 g/mol. The van der Waals surface area contributed by atoms with Gasteiger partial charge >= 0.3 is 12.1 Å². The number of amides is 1. The predicted molar refractivity (Wildman–Crippen MR) is 71.9 cm³/mol. The molecule has 2 rings (SSSR count). The Hall–Kier alpha value is -2.45. The summed E-state index contributed by atoms with van der Waals surface area (Å²) in [5.74, 6) is -3.23. The molecule has 1 aromatic heterocycles. The fraction of sp³-hybridized carbons (Fsp3) is 0.357. The van der Waals surface area contributed by atoms with Crippen LogP contribution in [0.5, 0.6) is 0 Å². The second-order valence-corrected chi connectivity index (χ2v) is 5.22. The molecule has 1 aromatic carbocycles. The average Bonchev–Trinajstić information content (AvgIpc) is 2.94. The number of benzene rings is 1. The number of halogens is 4. The molecule has 0 aliphatic heterocycles. The van der Waals surface area contributed by atoms with E-state index in [0.717, 1.165) is 12.1 Å². The zero-order valence-electron chi connectivity index (χ0n) is 12.2. The smallest absolute Gasteiger partial charge is 0.352 e. The number of alkyl halides is 3. The van der Waals surface area contributed by atoms with E-state index in [1.165, 1.54) is 6.07 Å². The van der Waals surface area contributed by atoms with Crippen LogP contribution in [-0.4, -0.2) is 22.6 Å². The van der Waals surface area contributed by atoms with Gasteiger partial charge in [-0.3, -0.25) is 4.79 Å². The van der Waals surface area contributed by atoms with E-state index in [1.807, 2.05) is 13.8 Å². The van der Waals surface area contributed by atoms with Crippen molar-refractivity contribution >= 4 is 5.91 Å². The summed E-state index contributed by atoms with van der Waals surface area (Å²) in [5, 5.41) is 5.70. The number of nitrogens with zero attached hydrogens (tertiary/aromatic N) is 2. The fourth-order valence-electron chi connectivity index (χ4n) is 1.69. The highest BCUT2D eigenvalue weighted by Crippen LogP contribution is 2.29. The maximum Gasteiger partial charge on any atom is 0.471 e. The number of rotatable bonds is 4. The van der Waals surface area contributed by atoms with E-state index in [1.54, 1.807) is 0 Å². The summed E-state index contributed by atoms with van der Waals surface area (Å²) in [7, 11) is 0. The first-order chi connectivity index (χ1) is 10.7. The van der Waals surface area contributed by atoms with E-state index in [9.17, 15) is 22.4 Å². The molecule has 5 nitrogen and oxygen atoms in total. The summed E-state index contributed by atoms with van der Waals surface area (Å²) < 4.78 is 55.2. The lowest BCUT2D eigenvalue weighted by atomic mass is 10.1. The summed E-state index contributed by atoms with van der Waals surface area (Å²) >= 11 is 0. The lowest BCUT2D eigenvalue weighted by Crippen LogP contribution is -2.28. The number of hydrogen-bond acceptors (Lipinski definition) is 4. The predicted octanol–water partition coefficient (Wildman–Crippen LogP) is 3.28. The van der Waals surface area contributed by atoms with Gasteiger partial charge in [0, 0.05) is 12.1 Å². The Morgan fingerprint density at radius 3 is 2.57 bits per heavy atom. The second-order valence-electron chi connectivity index (χ2n) is 5.22. The first kappa shape index (κ1) is 16.9. The van der Waals surface area contributed by atoms with Gasteiger partial charge in [0.2, 0.25) is 5.82 Å². The van der Waals surface area contributed by atoms with Crippen LogP contribution in [0.2, 0.25) is 0 Å². The minimum absolute atomic E-state index is 0.0258. The first-order valence-electron chi connectivity index (χ1n) is 6.67. The summed E-state index contributed by atoms with van der Waals surface area (Å²) in [5.41, 5.74) is -0.240. The molecular formula is C14H13F4N3O2. The van der Waals surface area contributed by atoms with E-state index in [-0.39, 0.29) is 17.0 Å². The molecule has 1 N–H and O–H groups in total. The number of nitrogens with one attached hydrogen (secondary N) is 1. The van der Waals surface area contributed by atoms with Crippen LogP contribution in [0, 0.1) is 11.7 Å². The monoisotopic (exact) mass is 331 g/mol. The molecule has 0 fully saturated rings. The zero-order chi connectivity index (χ0) is 17.2. The molecule has 0 bridgehead atoms. The van der Waals surface area contributed by atoms with Gasteiger partial charge < -0.3 is 9.84 Å². The highest BCUT2D eigenvalue weighted by Gasteiger charge is 2.38. The Morgan fingerprint density at radius 2 is 2.04 bits per heavy atom. The van der Waals surface area contributed by atoms with E-state index < -0.39 is 29.6 Å². The number of carbonyl (C=O) groups is 1. The Balaban J connectivity index is 2.22. The Labute approximate surface area is 128 Å². The van der Waals surface area contributed by atoms with Crippen molar-refractivity contribution in [2.75, 3.05) is 6.54 Å². The van der Waals surface area contributed by atoms with Crippen LogP contribution in [0.25, 0.3) is 11.4 Å². The molecule has 0 aliphatic carbocycles. The van der Waals surface area contributed by atoms with Crippen molar-refractivity contribution in [2.24, 2.45) is 5.92 Å². The summed E-state index contributed by atoms with van der Waals surface area (Å²) in [6.07, 6.45) is -4.78. The Morgan fingerprint density at radius 1 is 1.35 bits per heavy atom. The lowest BCUT2D eigenvalue weighted by Gasteiger charge is -2.08. The van der Waals surface area contributed by atoms with Gasteiger partial charge in [0.25, 0.3) is 5.91 Å². The summed E-state index contributed by atoms with van der Waals surface area (Å²) in [6, 6.07) is 3.29. The minimum atomic E-state index is -4.78. The van der Waals surface area contributed by atoms with Crippen LogP contribution >= 0.6 is 0 Å². The quantitative estimate of drug-likeness (QED) is 0.873. The largest absolute Gasteiger partial charge is 0.471 e.